The number of halogens is 1. The summed E-state index contributed by atoms with van der Waals surface area (Å²) in [5, 5.41) is 0. The van der Waals surface area contributed by atoms with Crippen LogP contribution in [0.1, 0.15) is 26.2 Å². The summed E-state index contributed by atoms with van der Waals surface area (Å²) in [7, 11) is 0. The van der Waals surface area contributed by atoms with Gasteiger partial charge in [-0.2, -0.15) is 0 Å². The average molecular weight is 225 g/mol. The first-order chi connectivity index (χ1) is 3.93. The molecule has 0 atom stereocenters. The van der Waals surface area contributed by atoms with Crippen molar-refractivity contribution >= 4 is 0 Å². The van der Waals surface area contributed by atoms with Crippen LogP contribution in [-0.2, 0) is 0 Å². The summed E-state index contributed by atoms with van der Waals surface area (Å²) in [5.41, 5.74) is 0. The second-order valence-corrected chi connectivity index (χ2v) is 5.65. The molecule has 0 bridgehead atoms. The van der Waals surface area contributed by atoms with Crippen molar-refractivity contribution in [2.24, 2.45) is 5.92 Å². The third-order valence-electron chi connectivity index (χ3n) is 1.88. The van der Waals surface area contributed by atoms with E-state index in [1.807, 2.05) is 0 Å². The van der Waals surface area contributed by atoms with Crippen molar-refractivity contribution in [3.8, 4) is 0 Å². The van der Waals surface area contributed by atoms with Gasteiger partial charge in [-0.25, -0.2) is 0 Å². The molecule has 1 fully saturated rings. The molecule has 1 heterocycles. The van der Waals surface area contributed by atoms with Crippen LogP contribution in [-0.4, -0.2) is 8.86 Å². The van der Waals surface area contributed by atoms with Crippen molar-refractivity contribution in [3.63, 3.8) is 0 Å². The molecule has 0 aromatic carbocycles. The Morgan fingerprint density at radius 1 is 1.38 bits per heavy atom. The van der Waals surface area contributed by atoms with Crippen LogP contribution in [0.25, 0.3) is 0 Å². The summed E-state index contributed by atoms with van der Waals surface area (Å²) in [5.74, 6) is 1.11. The minimum absolute atomic E-state index is 0.681. The Morgan fingerprint density at radius 3 is 2.38 bits per heavy atom. The molecular formula is C7H14I-. The molecule has 50 valence electrons. The molecule has 0 N–H and O–H groups in total. The maximum absolute atomic E-state index is 2.33. The molecular weight excluding hydrogens is 211 g/mol. The van der Waals surface area contributed by atoms with Crippen molar-refractivity contribution in [1.82, 2.24) is 0 Å². The summed E-state index contributed by atoms with van der Waals surface area (Å²) in [6, 6.07) is 0. The van der Waals surface area contributed by atoms with Crippen LogP contribution in [0, 0.1) is 5.92 Å². The Kier molecular flexibility index (Phi) is 3.16. The Bertz CT molecular complexity index is 55.4. The molecule has 0 spiro atoms. The number of alkyl halides is 2. The summed E-state index contributed by atoms with van der Waals surface area (Å²) in [6.45, 7) is 2.33. The van der Waals surface area contributed by atoms with E-state index >= 15 is 0 Å². The molecule has 1 heteroatoms. The second-order valence-electron chi connectivity index (χ2n) is 2.42. The molecule has 1 rings (SSSR count). The number of hydrogen-bond acceptors (Lipinski definition) is 0. The van der Waals surface area contributed by atoms with Crippen LogP contribution < -0.4 is 21.2 Å². The Hall–Kier alpha value is 0.730. The van der Waals surface area contributed by atoms with E-state index in [1.54, 1.807) is 21.7 Å². The van der Waals surface area contributed by atoms with Gasteiger partial charge in [0.2, 0.25) is 0 Å². The summed E-state index contributed by atoms with van der Waals surface area (Å²) in [6.07, 6.45) is 4.55. The van der Waals surface area contributed by atoms with Gasteiger partial charge in [0, 0.05) is 0 Å². The second kappa shape index (κ2) is 3.70. The summed E-state index contributed by atoms with van der Waals surface area (Å²) >= 11 is 0.681. The van der Waals surface area contributed by atoms with Gasteiger partial charge in [-0.15, -0.1) is 0 Å². The number of hydrogen-bond donors (Lipinski definition) is 0. The van der Waals surface area contributed by atoms with Gasteiger partial charge in [0.05, 0.1) is 0 Å². The fourth-order valence-corrected chi connectivity index (χ4v) is 4.29. The van der Waals surface area contributed by atoms with Crippen molar-refractivity contribution in [3.05, 3.63) is 0 Å². The summed E-state index contributed by atoms with van der Waals surface area (Å²) < 4.78 is 3.22. The Balaban J connectivity index is 2.13. The van der Waals surface area contributed by atoms with Gasteiger partial charge in [0.1, 0.15) is 0 Å². The quantitative estimate of drug-likeness (QED) is 0.392. The fraction of sp³-hybridized carbons (Fsp3) is 1.00. The average Bonchev–Trinajstić information content (AvgIpc) is 1.90. The topological polar surface area (TPSA) is 0 Å². The third-order valence-corrected chi connectivity index (χ3v) is 4.65. The van der Waals surface area contributed by atoms with Crippen molar-refractivity contribution in [2.45, 2.75) is 26.2 Å². The van der Waals surface area contributed by atoms with E-state index in [1.165, 1.54) is 6.42 Å². The molecule has 1 saturated heterocycles. The Labute approximate surface area is 62.3 Å². The van der Waals surface area contributed by atoms with Crippen LogP contribution in [0.3, 0.4) is 0 Å². The predicted molar refractivity (Wildman–Crippen MR) is 32.7 cm³/mol. The van der Waals surface area contributed by atoms with E-state index in [0.29, 0.717) is 21.2 Å². The van der Waals surface area contributed by atoms with Crippen LogP contribution in [0.5, 0.6) is 0 Å². The van der Waals surface area contributed by atoms with E-state index in [0.717, 1.165) is 5.92 Å². The van der Waals surface area contributed by atoms with E-state index < -0.39 is 0 Å². The molecule has 1 aliphatic rings. The molecule has 1 aliphatic heterocycles. The van der Waals surface area contributed by atoms with Crippen molar-refractivity contribution < 1.29 is 21.2 Å². The van der Waals surface area contributed by atoms with E-state index in [-0.39, 0.29) is 0 Å². The van der Waals surface area contributed by atoms with Gasteiger partial charge in [-0.1, -0.05) is 0 Å². The van der Waals surface area contributed by atoms with Crippen molar-refractivity contribution in [1.29, 1.82) is 0 Å². The van der Waals surface area contributed by atoms with Crippen LogP contribution in [0.2, 0.25) is 0 Å². The predicted octanol–water partition coefficient (Wildman–Crippen LogP) is -1.10. The normalized spacial score (nSPS) is 24.6. The van der Waals surface area contributed by atoms with E-state index in [2.05, 4.69) is 6.92 Å². The van der Waals surface area contributed by atoms with Gasteiger partial charge in [0.25, 0.3) is 0 Å². The fourth-order valence-electron chi connectivity index (χ4n) is 1.11. The van der Waals surface area contributed by atoms with E-state index in [4.69, 9.17) is 0 Å². The van der Waals surface area contributed by atoms with Gasteiger partial charge in [0.15, 0.2) is 0 Å². The monoisotopic (exact) mass is 225 g/mol. The first-order valence-corrected chi connectivity index (χ1v) is 6.52. The van der Waals surface area contributed by atoms with Gasteiger partial charge >= 0.3 is 62.2 Å². The molecule has 0 aliphatic carbocycles. The first kappa shape index (κ1) is 6.84. The minimum atomic E-state index is 0.681. The molecule has 0 unspecified atom stereocenters. The molecule has 0 nitrogen and oxygen atoms in total. The zero-order chi connectivity index (χ0) is 5.82. The summed E-state index contributed by atoms with van der Waals surface area (Å²) in [4.78, 5) is 0. The van der Waals surface area contributed by atoms with E-state index in [9.17, 15) is 0 Å². The molecule has 0 radical (unpaired) electrons. The van der Waals surface area contributed by atoms with Gasteiger partial charge in [-0.05, 0) is 0 Å². The molecule has 0 aromatic heterocycles. The van der Waals surface area contributed by atoms with Crippen LogP contribution >= 0.6 is 0 Å². The molecule has 0 amide bonds. The molecule has 0 saturated carbocycles. The van der Waals surface area contributed by atoms with Crippen LogP contribution in [0.4, 0.5) is 0 Å². The van der Waals surface area contributed by atoms with Crippen LogP contribution in [0.15, 0.2) is 0 Å². The standard InChI is InChI=1S/C7H14I/c1-2-7-3-5-8-6-4-7/h7H,2-6H2,1H3/q-1. The maximum atomic E-state index is 2.33. The zero-order valence-corrected chi connectivity index (χ0v) is 7.65. The van der Waals surface area contributed by atoms with Crippen molar-refractivity contribution in [2.75, 3.05) is 8.86 Å². The Morgan fingerprint density at radius 2 is 2.00 bits per heavy atom. The first-order valence-electron chi connectivity index (χ1n) is 3.47. The number of rotatable bonds is 1. The molecule has 8 heavy (non-hydrogen) atoms. The van der Waals surface area contributed by atoms with Gasteiger partial charge in [-0.3, -0.25) is 0 Å². The zero-order valence-electron chi connectivity index (χ0n) is 5.49. The molecule has 0 aromatic rings. The SMILES string of the molecule is CCC1CC[I-]CC1. The van der Waals surface area contributed by atoms with Gasteiger partial charge < -0.3 is 0 Å². The third kappa shape index (κ3) is 1.92.